The molecule has 0 heteroatoms. The fourth-order valence-electron chi connectivity index (χ4n) is 3.36. The van der Waals surface area contributed by atoms with Gasteiger partial charge < -0.3 is 0 Å². The van der Waals surface area contributed by atoms with Gasteiger partial charge >= 0.3 is 0 Å². The maximum atomic E-state index is 2.60. The lowest BCUT2D eigenvalue weighted by atomic mass is 9.63. The third kappa shape index (κ3) is 6.64. The van der Waals surface area contributed by atoms with E-state index in [4.69, 9.17) is 0 Å². The van der Waals surface area contributed by atoms with Crippen LogP contribution in [0.2, 0.25) is 0 Å². The van der Waals surface area contributed by atoms with Gasteiger partial charge in [0.2, 0.25) is 0 Å². The van der Waals surface area contributed by atoms with Gasteiger partial charge in [-0.1, -0.05) is 82.1 Å². The van der Waals surface area contributed by atoms with E-state index in [0.717, 1.165) is 23.7 Å². The first-order chi connectivity index (χ1) is 8.94. The monoisotopic (exact) mass is 281 g/mol. The Bertz CT molecular complexity index is 254. The molecule has 3 atom stereocenters. The predicted octanol–water partition coefficient (Wildman–Crippen LogP) is 7.00. The Hall–Kier alpha value is 0. The van der Waals surface area contributed by atoms with Crippen molar-refractivity contribution in [2.75, 3.05) is 0 Å². The third-order valence-electron chi connectivity index (χ3n) is 5.42. The van der Waals surface area contributed by atoms with Gasteiger partial charge in [-0.05, 0) is 47.3 Å². The first-order valence-electron chi connectivity index (χ1n) is 8.80. The Morgan fingerprint density at radius 1 is 0.900 bits per heavy atom. The van der Waals surface area contributed by atoms with Gasteiger partial charge in [0.15, 0.2) is 0 Å². The summed E-state index contributed by atoms with van der Waals surface area (Å²) in [6, 6.07) is 0. The molecule has 0 bridgehead atoms. The molecule has 121 valence electrons. The van der Waals surface area contributed by atoms with Gasteiger partial charge in [-0.25, -0.2) is 0 Å². The van der Waals surface area contributed by atoms with Crippen LogP contribution in [0.3, 0.4) is 0 Å². The van der Waals surface area contributed by atoms with Crippen LogP contribution in [0.15, 0.2) is 0 Å². The van der Waals surface area contributed by atoms with Crippen molar-refractivity contribution in [3.8, 4) is 0 Å². The van der Waals surface area contributed by atoms with Gasteiger partial charge in [-0.3, -0.25) is 0 Å². The smallest absolute Gasteiger partial charge is 0.0301 e. The molecule has 0 rings (SSSR count). The quantitative estimate of drug-likeness (QED) is 0.449. The molecule has 0 aromatic heterocycles. The Kier molecular flexibility index (Phi) is 7.85. The number of rotatable bonds is 8. The minimum Gasteiger partial charge on any atom is -0.0651 e. The summed E-state index contributed by atoms with van der Waals surface area (Å²) in [6.07, 6.45) is 6.51. The van der Waals surface area contributed by atoms with Crippen molar-refractivity contribution in [3.63, 3.8) is 0 Å². The maximum Gasteiger partial charge on any atom is -0.0301 e. The molecular weight excluding hydrogens is 240 g/mol. The Morgan fingerprint density at radius 3 is 1.70 bits per heavy atom. The minimum absolute atomic E-state index is 0.336. The van der Waals surface area contributed by atoms with Crippen LogP contribution in [0.5, 0.6) is 0 Å². The summed E-state index contributed by atoms with van der Waals surface area (Å²) in [4.78, 5) is 0. The van der Waals surface area contributed by atoms with Gasteiger partial charge in [0.1, 0.15) is 0 Å². The molecule has 0 aromatic carbocycles. The topological polar surface area (TPSA) is 0 Å². The zero-order chi connectivity index (χ0) is 16.1. The fraction of sp³-hybridized carbons (Fsp3) is 0.950. The van der Waals surface area contributed by atoms with Crippen molar-refractivity contribution < 1.29 is 0 Å². The summed E-state index contributed by atoms with van der Waals surface area (Å²) < 4.78 is 0. The van der Waals surface area contributed by atoms with Gasteiger partial charge in [0.25, 0.3) is 0 Å². The minimum atomic E-state index is 0.336. The van der Waals surface area contributed by atoms with Crippen molar-refractivity contribution >= 4 is 0 Å². The molecule has 1 radical (unpaired) electrons. The molecule has 0 aliphatic rings. The van der Waals surface area contributed by atoms with Crippen molar-refractivity contribution in [3.05, 3.63) is 6.42 Å². The Labute approximate surface area is 130 Å². The molecule has 0 aliphatic heterocycles. The second-order valence-electron chi connectivity index (χ2n) is 8.99. The molecule has 0 aliphatic carbocycles. The molecular formula is C20H41. The first-order valence-corrected chi connectivity index (χ1v) is 8.80. The average molecular weight is 282 g/mol. The van der Waals surface area contributed by atoms with E-state index in [0.29, 0.717) is 10.8 Å². The molecule has 0 nitrogen and oxygen atoms in total. The van der Waals surface area contributed by atoms with Gasteiger partial charge in [0.05, 0.1) is 0 Å². The Balaban J connectivity index is 5.05. The van der Waals surface area contributed by atoms with Crippen molar-refractivity contribution in [2.24, 2.45) is 34.5 Å². The van der Waals surface area contributed by atoms with E-state index in [1.54, 1.807) is 0 Å². The second-order valence-corrected chi connectivity index (χ2v) is 8.99. The summed E-state index contributed by atoms with van der Waals surface area (Å²) in [5, 5.41) is 0. The zero-order valence-electron chi connectivity index (χ0n) is 16.0. The molecule has 0 fully saturated rings. The van der Waals surface area contributed by atoms with E-state index in [9.17, 15) is 0 Å². The summed E-state index contributed by atoms with van der Waals surface area (Å²) >= 11 is 0. The lowest BCUT2D eigenvalue weighted by Crippen LogP contribution is -2.34. The standard InChI is InChI=1S/C20H41/c1-11-17(14-19(6,7)8)13-18(16(5)15(3)4)20(9,10)12-2/h14-18H,11-13H2,1-10H3. The Morgan fingerprint density at radius 2 is 1.40 bits per heavy atom. The van der Waals surface area contributed by atoms with Gasteiger partial charge in [-0.15, -0.1) is 0 Å². The van der Waals surface area contributed by atoms with E-state index in [1.807, 2.05) is 0 Å². The highest BCUT2D eigenvalue weighted by molar-refractivity contribution is 4.92. The van der Waals surface area contributed by atoms with Crippen LogP contribution in [0.25, 0.3) is 0 Å². The highest BCUT2D eigenvalue weighted by Crippen LogP contribution is 2.44. The van der Waals surface area contributed by atoms with Crippen LogP contribution in [0, 0.1) is 40.9 Å². The van der Waals surface area contributed by atoms with Crippen LogP contribution in [-0.2, 0) is 0 Å². The highest BCUT2D eigenvalue weighted by Gasteiger charge is 2.35. The predicted molar refractivity (Wildman–Crippen MR) is 93.7 cm³/mol. The fourth-order valence-corrected chi connectivity index (χ4v) is 3.36. The van der Waals surface area contributed by atoms with Crippen molar-refractivity contribution in [1.82, 2.24) is 0 Å². The van der Waals surface area contributed by atoms with Crippen LogP contribution in [-0.4, -0.2) is 0 Å². The highest BCUT2D eigenvalue weighted by atomic mass is 14.4. The van der Waals surface area contributed by atoms with E-state index in [1.165, 1.54) is 19.3 Å². The van der Waals surface area contributed by atoms with E-state index >= 15 is 0 Å². The molecule has 0 amide bonds. The molecule has 0 aromatic rings. The lowest BCUT2D eigenvalue weighted by molar-refractivity contribution is 0.0865. The maximum absolute atomic E-state index is 2.60. The lowest BCUT2D eigenvalue weighted by Gasteiger charge is -2.42. The van der Waals surface area contributed by atoms with E-state index in [-0.39, 0.29) is 0 Å². The van der Waals surface area contributed by atoms with Crippen molar-refractivity contribution in [1.29, 1.82) is 0 Å². The third-order valence-corrected chi connectivity index (χ3v) is 5.42. The van der Waals surface area contributed by atoms with Crippen LogP contribution >= 0.6 is 0 Å². The normalized spacial score (nSPS) is 18.1. The molecule has 3 unspecified atom stereocenters. The summed E-state index contributed by atoms with van der Waals surface area (Å²) in [5.74, 6) is 3.15. The number of hydrogen-bond donors (Lipinski definition) is 0. The molecule has 0 heterocycles. The average Bonchev–Trinajstić information content (AvgIpc) is 2.31. The number of hydrogen-bond acceptors (Lipinski definition) is 0. The second kappa shape index (κ2) is 7.85. The van der Waals surface area contributed by atoms with Crippen LogP contribution in [0.4, 0.5) is 0 Å². The van der Waals surface area contributed by atoms with Gasteiger partial charge in [0, 0.05) is 0 Å². The molecule has 0 saturated heterocycles. The summed E-state index contributed by atoms with van der Waals surface area (Å²) in [6.45, 7) is 23.9. The first kappa shape index (κ1) is 20.0. The molecule has 20 heavy (non-hydrogen) atoms. The van der Waals surface area contributed by atoms with Crippen LogP contribution in [0.1, 0.15) is 88.5 Å². The molecule has 0 saturated carbocycles. The summed E-state index contributed by atoms with van der Waals surface area (Å²) in [5.41, 5.74) is 0.783. The largest absolute Gasteiger partial charge is 0.0651 e. The van der Waals surface area contributed by atoms with E-state index in [2.05, 4.69) is 75.7 Å². The SMILES string of the molecule is CCC([CH]C(C)(C)C)CC(C(C)C(C)C)C(C)(C)CC. The van der Waals surface area contributed by atoms with Gasteiger partial charge in [-0.2, -0.15) is 0 Å². The van der Waals surface area contributed by atoms with Crippen LogP contribution < -0.4 is 0 Å². The van der Waals surface area contributed by atoms with Crippen molar-refractivity contribution in [2.45, 2.75) is 88.5 Å². The summed E-state index contributed by atoms with van der Waals surface area (Å²) in [7, 11) is 0. The molecule has 0 N–H and O–H groups in total. The molecule has 0 spiro atoms. The van der Waals surface area contributed by atoms with E-state index < -0.39 is 0 Å². The zero-order valence-corrected chi connectivity index (χ0v) is 16.0.